The molecule has 0 unspecified atom stereocenters. The zero-order valence-corrected chi connectivity index (χ0v) is 16.8. The lowest BCUT2D eigenvalue weighted by molar-refractivity contribution is -0.118. The molecule has 1 atom stereocenters. The molecule has 0 spiro atoms. The van der Waals surface area contributed by atoms with E-state index in [1.165, 1.54) is 11.8 Å². The normalized spacial score (nSPS) is 15.8. The maximum atomic E-state index is 12.4. The van der Waals surface area contributed by atoms with Gasteiger partial charge in [-0.3, -0.25) is 9.59 Å². The lowest BCUT2D eigenvalue weighted by atomic mass is 10.1. The molecule has 0 aromatic heterocycles. The van der Waals surface area contributed by atoms with Crippen LogP contribution in [0.3, 0.4) is 0 Å². The SMILES string of the molecule is COc1ccc(CNC(=O)CS[C@@H]2CCc3ccccc3NC2=O)cc1OC. The summed E-state index contributed by atoms with van der Waals surface area (Å²) in [5.74, 6) is 1.37. The Balaban J connectivity index is 1.49. The number of hydrogen-bond donors (Lipinski definition) is 2. The number of aryl methyl sites for hydroxylation is 1. The summed E-state index contributed by atoms with van der Waals surface area (Å²) in [5.41, 5.74) is 2.92. The summed E-state index contributed by atoms with van der Waals surface area (Å²) in [7, 11) is 3.16. The van der Waals surface area contributed by atoms with E-state index in [9.17, 15) is 9.59 Å². The average molecular weight is 401 g/mol. The van der Waals surface area contributed by atoms with Gasteiger partial charge in [-0.1, -0.05) is 24.3 Å². The Kier molecular flexibility index (Phi) is 6.81. The van der Waals surface area contributed by atoms with Crippen LogP contribution in [-0.2, 0) is 22.6 Å². The number of carbonyl (C=O) groups is 2. The van der Waals surface area contributed by atoms with Crippen molar-refractivity contribution in [3.8, 4) is 11.5 Å². The summed E-state index contributed by atoms with van der Waals surface area (Å²) < 4.78 is 10.5. The Hall–Kier alpha value is -2.67. The van der Waals surface area contributed by atoms with Crippen molar-refractivity contribution < 1.29 is 19.1 Å². The smallest absolute Gasteiger partial charge is 0.237 e. The van der Waals surface area contributed by atoms with Gasteiger partial charge in [0.1, 0.15) is 0 Å². The van der Waals surface area contributed by atoms with Crippen LogP contribution in [0.15, 0.2) is 42.5 Å². The lowest BCUT2D eigenvalue weighted by Crippen LogP contribution is -2.29. The Morgan fingerprint density at radius 1 is 1.18 bits per heavy atom. The lowest BCUT2D eigenvalue weighted by Gasteiger charge is -2.13. The van der Waals surface area contributed by atoms with Gasteiger partial charge in [0.05, 0.1) is 25.2 Å². The minimum atomic E-state index is -0.237. The summed E-state index contributed by atoms with van der Waals surface area (Å²) in [4.78, 5) is 24.6. The Morgan fingerprint density at radius 2 is 1.96 bits per heavy atom. The van der Waals surface area contributed by atoms with Crippen LogP contribution in [0.5, 0.6) is 11.5 Å². The fourth-order valence-corrected chi connectivity index (χ4v) is 4.02. The van der Waals surface area contributed by atoms with Gasteiger partial charge >= 0.3 is 0 Å². The van der Waals surface area contributed by atoms with E-state index < -0.39 is 0 Å². The zero-order chi connectivity index (χ0) is 19.9. The van der Waals surface area contributed by atoms with Crippen LogP contribution < -0.4 is 20.1 Å². The largest absolute Gasteiger partial charge is 0.493 e. The molecular formula is C21H24N2O4S. The molecule has 0 bridgehead atoms. The van der Waals surface area contributed by atoms with Crippen LogP contribution in [0.4, 0.5) is 5.69 Å². The highest BCUT2D eigenvalue weighted by atomic mass is 32.2. The first-order valence-corrected chi connectivity index (χ1v) is 10.1. The number of amides is 2. The fraction of sp³-hybridized carbons (Fsp3) is 0.333. The molecule has 7 heteroatoms. The first kappa shape index (κ1) is 20.1. The number of hydrogen-bond acceptors (Lipinski definition) is 5. The van der Waals surface area contributed by atoms with Crippen LogP contribution in [-0.4, -0.2) is 37.0 Å². The minimum Gasteiger partial charge on any atom is -0.493 e. The molecule has 0 radical (unpaired) electrons. The van der Waals surface area contributed by atoms with E-state index >= 15 is 0 Å². The molecule has 0 fully saturated rings. The molecule has 2 N–H and O–H groups in total. The number of para-hydroxylation sites is 1. The molecule has 1 aliphatic rings. The summed E-state index contributed by atoms with van der Waals surface area (Å²) >= 11 is 1.38. The van der Waals surface area contributed by atoms with Crippen molar-refractivity contribution in [2.75, 3.05) is 25.3 Å². The van der Waals surface area contributed by atoms with E-state index in [2.05, 4.69) is 10.6 Å². The number of anilines is 1. The van der Waals surface area contributed by atoms with E-state index in [4.69, 9.17) is 9.47 Å². The van der Waals surface area contributed by atoms with E-state index in [-0.39, 0.29) is 22.8 Å². The maximum Gasteiger partial charge on any atom is 0.237 e. The molecule has 148 valence electrons. The number of thioether (sulfide) groups is 1. The van der Waals surface area contributed by atoms with E-state index in [0.717, 1.165) is 29.7 Å². The van der Waals surface area contributed by atoms with Gasteiger partial charge in [0.25, 0.3) is 0 Å². The maximum absolute atomic E-state index is 12.4. The van der Waals surface area contributed by atoms with Gasteiger partial charge in [-0.15, -0.1) is 11.8 Å². The Bertz CT molecular complexity index is 856. The molecule has 1 aliphatic heterocycles. The highest BCUT2D eigenvalue weighted by Crippen LogP contribution is 2.28. The number of benzene rings is 2. The summed E-state index contributed by atoms with van der Waals surface area (Å²) in [6, 6.07) is 13.3. The molecule has 0 saturated carbocycles. The predicted molar refractivity (Wildman–Crippen MR) is 111 cm³/mol. The summed E-state index contributed by atoms with van der Waals surface area (Å²) in [5, 5.41) is 5.61. The highest BCUT2D eigenvalue weighted by molar-refractivity contribution is 8.01. The second kappa shape index (κ2) is 9.50. The monoisotopic (exact) mass is 400 g/mol. The third kappa shape index (κ3) is 4.98. The van der Waals surface area contributed by atoms with Gasteiger partial charge in [-0.2, -0.15) is 0 Å². The van der Waals surface area contributed by atoms with Crippen LogP contribution in [0.1, 0.15) is 17.5 Å². The van der Waals surface area contributed by atoms with Gasteiger partial charge in [-0.05, 0) is 42.2 Å². The van der Waals surface area contributed by atoms with Crippen molar-refractivity contribution >= 4 is 29.3 Å². The average Bonchev–Trinajstić information content (AvgIpc) is 2.88. The highest BCUT2D eigenvalue weighted by Gasteiger charge is 2.24. The van der Waals surface area contributed by atoms with Crippen molar-refractivity contribution in [3.05, 3.63) is 53.6 Å². The van der Waals surface area contributed by atoms with Crippen molar-refractivity contribution in [1.82, 2.24) is 5.32 Å². The number of carbonyl (C=O) groups excluding carboxylic acids is 2. The van der Waals surface area contributed by atoms with Crippen LogP contribution in [0, 0.1) is 0 Å². The number of ether oxygens (including phenoxy) is 2. The Morgan fingerprint density at radius 3 is 2.75 bits per heavy atom. The number of nitrogens with one attached hydrogen (secondary N) is 2. The number of rotatable bonds is 7. The molecule has 2 amide bonds. The third-order valence-corrected chi connectivity index (χ3v) is 5.88. The quantitative estimate of drug-likeness (QED) is 0.747. The molecule has 0 aliphatic carbocycles. The first-order valence-electron chi connectivity index (χ1n) is 9.08. The predicted octanol–water partition coefficient (Wildman–Crippen LogP) is 3.01. The molecule has 2 aromatic rings. The van der Waals surface area contributed by atoms with Gasteiger partial charge < -0.3 is 20.1 Å². The van der Waals surface area contributed by atoms with Crippen molar-refractivity contribution in [3.63, 3.8) is 0 Å². The minimum absolute atomic E-state index is 0.0392. The van der Waals surface area contributed by atoms with Crippen LogP contribution in [0.2, 0.25) is 0 Å². The van der Waals surface area contributed by atoms with Gasteiger partial charge in [-0.25, -0.2) is 0 Å². The molecule has 3 rings (SSSR count). The first-order chi connectivity index (χ1) is 13.6. The van der Waals surface area contributed by atoms with Crippen LogP contribution in [0.25, 0.3) is 0 Å². The molecule has 28 heavy (non-hydrogen) atoms. The van der Waals surface area contributed by atoms with E-state index in [0.29, 0.717) is 18.0 Å². The topological polar surface area (TPSA) is 76.7 Å². The van der Waals surface area contributed by atoms with Crippen molar-refractivity contribution in [2.45, 2.75) is 24.6 Å². The third-order valence-electron chi connectivity index (χ3n) is 4.60. The summed E-state index contributed by atoms with van der Waals surface area (Å²) in [6.45, 7) is 0.391. The second-order valence-electron chi connectivity index (χ2n) is 6.45. The standard InChI is InChI=1S/C21H24N2O4S/c1-26-17-9-7-14(11-18(17)27-2)12-22-20(24)13-28-19-10-8-15-5-3-4-6-16(15)23-21(19)25/h3-7,9,11,19H,8,10,12-13H2,1-2H3,(H,22,24)(H,23,25)/t19-/m1/s1. The molecule has 1 heterocycles. The molecule has 0 saturated heterocycles. The van der Waals surface area contributed by atoms with Crippen LogP contribution >= 0.6 is 11.8 Å². The Labute approximate surface area is 169 Å². The van der Waals surface area contributed by atoms with E-state index in [1.807, 2.05) is 42.5 Å². The van der Waals surface area contributed by atoms with Crippen molar-refractivity contribution in [2.24, 2.45) is 0 Å². The van der Waals surface area contributed by atoms with Gasteiger partial charge in [0.2, 0.25) is 11.8 Å². The molecule has 2 aromatic carbocycles. The molecule has 6 nitrogen and oxygen atoms in total. The van der Waals surface area contributed by atoms with Gasteiger partial charge in [0.15, 0.2) is 11.5 Å². The summed E-state index contributed by atoms with van der Waals surface area (Å²) in [6.07, 6.45) is 1.54. The van der Waals surface area contributed by atoms with Gasteiger partial charge in [0, 0.05) is 12.2 Å². The zero-order valence-electron chi connectivity index (χ0n) is 16.0. The van der Waals surface area contributed by atoms with Crippen molar-refractivity contribution in [1.29, 1.82) is 0 Å². The number of fused-ring (bicyclic) bond motifs is 1. The number of methoxy groups -OCH3 is 2. The fourth-order valence-electron chi connectivity index (χ4n) is 3.07. The second-order valence-corrected chi connectivity index (χ2v) is 7.64. The van der Waals surface area contributed by atoms with E-state index in [1.54, 1.807) is 14.2 Å². The molecular weight excluding hydrogens is 376 g/mol.